The van der Waals surface area contributed by atoms with Gasteiger partial charge in [0.25, 0.3) is 11.6 Å². The number of nitrogens with zero attached hydrogens (tertiary/aromatic N) is 2. The quantitative estimate of drug-likeness (QED) is 0.271. The molecule has 1 heterocycles. The molecule has 1 aromatic heterocycles. The summed E-state index contributed by atoms with van der Waals surface area (Å²) in [6.45, 7) is 0. The van der Waals surface area contributed by atoms with Crippen LogP contribution < -0.4 is 0 Å². The first-order valence-corrected chi connectivity index (χ1v) is 10.1. The van der Waals surface area contributed by atoms with Gasteiger partial charge in [0.05, 0.1) is 0 Å². The van der Waals surface area contributed by atoms with Gasteiger partial charge in [0.2, 0.25) is 15.9 Å². The van der Waals surface area contributed by atoms with Gasteiger partial charge in [-0.3, -0.25) is 19.2 Å². The van der Waals surface area contributed by atoms with Crippen LogP contribution in [0.2, 0.25) is 0 Å². The molecule has 21 heavy (non-hydrogen) atoms. The number of alkyl halides is 6. The van der Waals surface area contributed by atoms with Gasteiger partial charge >= 0.3 is 0 Å². The van der Waals surface area contributed by atoms with Crippen molar-refractivity contribution in [3.63, 3.8) is 0 Å². The SMILES string of the molecule is O=C(C(=O)C(Br)(Br)Br)c1nnc(C(=O)C(=O)C(Br)(Br)Br)s1. The van der Waals surface area contributed by atoms with Crippen molar-refractivity contribution in [1.82, 2.24) is 10.2 Å². The molecule has 0 radical (unpaired) electrons. The first-order valence-electron chi connectivity index (χ1n) is 4.51. The van der Waals surface area contributed by atoms with Gasteiger partial charge in [-0.05, 0) is 0 Å². The van der Waals surface area contributed by atoms with Crippen molar-refractivity contribution < 1.29 is 19.2 Å². The van der Waals surface area contributed by atoms with Crippen LogP contribution >= 0.6 is 107 Å². The first kappa shape index (κ1) is 20.2. The van der Waals surface area contributed by atoms with Crippen molar-refractivity contribution in [3.8, 4) is 0 Å². The predicted molar refractivity (Wildman–Crippen MR) is 97.6 cm³/mol. The molecule has 0 fully saturated rings. The Morgan fingerprint density at radius 1 is 0.714 bits per heavy atom. The maximum Gasteiger partial charge on any atom is 0.262 e. The Balaban J connectivity index is 3.03. The molecule has 0 amide bonds. The second-order valence-corrected chi connectivity index (χ2v) is 17.7. The third-order valence-electron chi connectivity index (χ3n) is 1.74. The molecule has 0 aliphatic rings. The second kappa shape index (κ2) is 7.34. The van der Waals surface area contributed by atoms with Crippen LogP contribution in [-0.4, -0.2) is 37.6 Å². The van der Waals surface area contributed by atoms with Gasteiger partial charge in [-0.15, -0.1) is 10.2 Å². The Bertz CT molecular complexity index is 579. The molecule has 0 bridgehead atoms. The van der Waals surface area contributed by atoms with Crippen molar-refractivity contribution in [2.45, 2.75) is 4.29 Å². The van der Waals surface area contributed by atoms with E-state index in [1.165, 1.54) is 0 Å². The van der Waals surface area contributed by atoms with Crippen molar-refractivity contribution in [2.24, 2.45) is 0 Å². The van der Waals surface area contributed by atoms with E-state index in [1.807, 2.05) is 0 Å². The lowest BCUT2D eigenvalue weighted by Gasteiger charge is -2.07. The number of aromatic nitrogens is 2. The maximum absolute atomic E-state index is 11.8. The molecule has 6 nitrogen and oxygen atoms in total. The van der Waals surface area contributed by atoms with Gasteiger partial charge < -0.3 is 0 Å². The molecule has 0 aliphatic carbocycles. The number of halogens is 6. The summed E-state index contributed by atoms with van der Waals surface area (Å²) in [6, 6.07) is 0. The van der Waals surface area contributed by atoms with Gasteiger partial charge in [-0.2, -0.15) is 0 Å². The van der Waals surface area contributed by atoms with Gasteiger partial charge in [-0.1, -0.05) is 107 Å². The van der Waals surface area contributed by atoms with E-state index in [-0.39, 0.29) is 10.0 Å². The molecule has 1 rings (SSSR count). The Kier molecular flexibility index (Phi) is 7.05. The highest BCUT2D eigenvalue weighted by atomic mass is 80.0. The summed E-state index contributed by atoms with van der Waals surface area (Å²) in [5.74, 6) is -3.71. The van der Waals surface area contributed by atoms with Gasteiger partial charge in [0.15, 0.2) is 10.0 Å². The van der Waals surface area contributed by atoms with Crippen LogP contribution in [0.25, 0.3) is 0 Å². The fourth-order valence-corrected chi connectivity index (χ4v) is 2.66. The Morgan fingerprint density at radius 2 is 1.00 bits per heavy atom. The Morgan fingerprint density at radius 3 is 1.24 bits per heavy atom. The summed E-state index contributed by atoms with van der Waals surface area (Å²) in [4.78, 5) is 47.1. The topological polar surface area (TPSA) is 94.1 Å². The van der Waals surface area contributed by atoms with Crippen molar-refractivity contribution >= 4 is 130 Å². The minimum atomic E-state index is -1.42. The summed E-state index contributed by atoms with van der Waals surface area (Å²) in [7, 11) is 0. The van der Waals surface area contributed by atoms with Crippen LogP contribution in [0.15, 0.2) is 0 Å². The molecular formula is C8Br6N2O4S. The van der Waals surface area contributed by atoms with Crippen LogP contribution in [0, 0.1) is 0 Å². The minimum Gasteiger partial charge on any atom is -0.287 e. The zero-order chi connectivity index (χ0) is 16.6. The summed E-state index contributed by atoms with van der Waals surface area (Å²) in [5.41, 5.74) is 0. The zero-order valence-electron chi connectivity index (χ0n) is 9.20. The smallest absolute Gasteiger partial charge is 0.262 e. The molecule has 0 unspecified atom stereocenters. The van der Waals surface area contributed by atoms with Crippen LogP contribution in [0.1, 0.15) is 19.6 Å². The number of carbonyl (C=O) groups is 4. The number of hydrogen-bond acceptors (Lipinski definition) is 7. The summed E-state index contributed by atoms with van der Waals surface area (Å²) >= 11 is 18.0. The number of hydrogen-bond donors (Lipinski definition) is 0. The highest BCUT2D eigenvalue weighted by Crippen LogP contribution is 2.37. The van der Waals surface area contributed by atoms with E-state index in [4.69, 9.17) is 0 Å². The third kappa shape index (κ3) is 5.31. The number of ketones is 4. The standard InChI is InChI=1S/C8Br6N2O4S/c9-7(10,11)3(19)1(17)5-15-16-6(21-5)2(18)4(20)8(12,13)14. The highest BCUT2D eigenvalue weighted by Gasteiger charge is 2.39. The lowest BCUT2D eigenvalue weighted by molar-refractivity contribution is -0.114. The third-order valence-corrected chi connectivity index (χ3v) is 4.82. The zero-order valence-corrected chi connectivity index (χ0v) is 19.5. The van der Waals surface area contributed by atoms with E-state index in [2.05, 4.69) is 106 Å². The lowest BCUT2D eigenvalue weighted by Crippen LogP contribution is -2.27. The molecule has 0 aliphatic heterocycles. The highest BCUT2D eigenvalue weighted by molar-refractivity contribution is 9.40. The van der Waals surface area contributed by atoms with E-state index in [0.717, 1.165) is 0 Å². The lowest BCUT2D eigenvalue weighted by atomic mass is 10.3. The van der Waals surface area contributed by atoms with E-state index >= 15 is 0 Å². The van der Waals surface area contributed by atoms with E-state index in [9.17, 15) is 19.2 Å². The average molecular weight is 700 g/mol. The minimum absolute atomic E-state index is 0.303. The summed E-state index contributed by atoms with van der Waals surface area (Å²) in [5, 5.41) is 6.30. The fourth-order valence-electron chi connectivity index (χ4n) is 0.858. The monoisotopic (exact) mass is 693 g/mol. The Labute approximate surface area is 172 Å². The molecule has 0 aromatic carbocycles. The number of carbonyl (C=O) groups excluding carboxylic acids is 4. The van der Waals surface area contributed by atoms with Crippen molar-refractivity contribution in [1.29, 1.82) is 0 Å². The second-order valence-electron chi connectivity index (χ2n) is 3.22. The van der Waals surface area contributed by atoms with Crippen LogP contribution in [0.5, 0.6) is 0 Å². The van der Waals surface area contributed by atoms with Crippen molar-refractivity contribution in [3.05, 3.63) is 10.0 Å². The van der Waals surface area contributed by atoms with Gasteiger partial charge in [0.1, 0.15) is 0 Å². The molecule has 13 heteroatoms. The molecule has 0 atom stereocenters. The van der Waals surface area contributed by atoms with E-state index in [1.54, 1.807) is 0 Å². The normalized spacial score (nSPS) is 12.1. The molecule has 114 valence electrons. The van der Waals surface area contributed by atoms with Gasteiger partial charge in [0, 0.05) is 0 Å². The average Bonchev–Trinajstić information content (AvgIpc) is 2.82. The van der Waals surface area contributed by atoms with Crippen molar-refractivity contribution in [2.75, 3.05) is 0 Å². The molecular weight excluding hydrogens is 700 g/mol. The van der Waals surface area contributed by atoms with Crippen LogP contribution in [0.4, 0.5) is 0 Å². The number of Topliss-reactive ketones (excluding diaryl/α,β-unsaturated/α-hetero) is 4. The van der Waals surface area contributed by atoms with Gasteiger partial charge in [-0.25, -0.2) is 0 Å². The number of rotatable bonds is 4. The van der Waals surface area contributed by atoms with E-state index < -0.39 is 27.4 Å². The molecule has 0 saturated heterocycles. The maximum atomic E-state index is 11.8. The Hall–Kier alpha value is 1.12. The predicted octanol–water partition coefficient (Wildman–Crippen LogP) is 3.72. The largest absolute Gasteiger partial charge is 0.287 e. The molecule has 1 aromatic rings. The first-order chi connectivity index (χ1) is 9.35. The fraction of sp³-hybridized carbons (Fsp3) is 0.250. The molecule has 0 spiro atoms. The summed E-state index contributed by atoms with van der Waals surface area (Å²) in [6.07, 6.45) is 0. The summed E-state index contributed by atoms with van der Waals surface area (Å²) < 4.78 is -2.85. The van der Waals surface area contributed by atoms with Crippen LogP contribution in [-0.2, 0) is 9.59 Å². The molecule has 0 saturated carbocycles. The van der Waals surface area contributed by atoms with E-state index in [0.29, 0.717) is 11.3 Å². The van der Waals surface area contributed by atoms with Crippen LogP contribution in [0.3, 0.4) is 0 Å². The molecule has 0 N–H and O–H groups in total.